The fraction of sp³-hybridized carbons (Fsp3) is 0.300. The lowest BCUT2D eigenvalue weighted by molar-refractivity contribution is 0.0696. The number of halogens is 1. The standard InChI is InChI=1S/C10H11BrO2/c1-2-3-7-4-5-9(11)8(6-7)10(12)13/h4-6H,2-3H2,1H3,(H,12,13). The summed E-state index contributed by atoms with van der Waals surface area (Å²) in [4.78, 5) is 10.7. The molecule has 0 heterocycles. The summed E-state index contributed by atoms with van der Waals surface area (Å²) in [7, 11) is 0. The zero-order valence-corrected chi connectivity index (χ0v) is 8.97. The second-order valence-corrected chi connectivity index (χ2v) is 3.72. The van der Waals surface area contributed by atoms with Gasteiger partial charge in [-0.3, -0.25) is 0 Å². The van der Waals surface area contributed by atoms with E-state index in [4.69, 9.17) is 5.11 Å². The molecule has 1 rings (SSSR count). The highest BCUT2D eigenvalue weighted by Gasteiger charge is 2.08. The number of carboxylic acids is 1. The van der Waals surface area contributed by atoms with E-state index >= 15 is 0 Å². The third-order valence-electron chi connectivity index (χ3n) is 1.80. The van der Waals surface area contributed by atoms with Crippen LogP contribution in [0.25, 0.3) is 0 Å². The molecule has 0 radical (unpaired) electrons. The van der Waals surface area contributed by atoms with Gasteiger partial charge in [-0.15, -0.1) is 0 Å². The van der Waals surface area contributed by atoms with Crippen molar-refractivity contribution in [3.05, 3.63) is 33.8 Å². The van der Waals surface area contributed by atoms with Crippen molar-refractivity contribution in [3.8, 4) is 0 Å². The SMILES string of the molecule is CCCc1ccc(Br)c(C(=O)O)c1. The average Bonchev–Trinajstić information content (AvgIpc) is 2.08. The second kappa shape index (κ2) is 4.42. The summed E-state index contributed by atoms with van der Waals surface area (Å²) in [6.45, 7) is 2.07. The lowest BCUT2D eigenvalue weighted by atomic mass is 10.1. The highest BCUT2D eigenvalue weighted by molar-refractivity contribution is 9.10. The Balaban J connectivity index is 3.04. The molecule has 0 amide bonds. The maximum atomic E-state index is 10.7. The molecule has 1 aromatic carbocycles. The molecule has 0 bridgehead atoms. The summed E-state index contributed by atoms with van der Waals surface area (Å²) in [5.74, 6) is -0.884. The Labute approximate surface area is 85.7 Å². The van der Waals surface area contributed by atoms with Gasteiger partial charge < -0.3 is 5.11 Å². The molecule has 0 aromatic heterocycles. The van der Waals surface area contributed by atoms with Crippen LogP contribution in [0.5, 0.6) is 0 Å². The van der Waals surface area contributed by atoms with Crippen LogP contribution in [0.3, 0.4) is 0 Å². The van der Waals surface area contributed by atoms with E-state index in [0.717, 1.165) is 18.4 Å². The Kier molecular flexibility index (Phi) is 3.48. The molecule has 13 heavy (non-hydrogen) atoms. The average molecular weight is 243 g/mol. The predicted octanol–water partition coefficient (Wildman–Crippen LogP) is 3.10. The fourth-order valence-corrected chi connectivity index (χ4v) is 1.60. The molecule has 0 saturated carbocycles. The van der Waals surface area contributed by atoms with Gasteiger partial charge in [0.05, 0.1) is 5.56 Å². The van der Waals surface area contributed by atoms with Gasteiger partial charge >= 0.3 is 5.97 Å². The summed E-state index contributed by atoms with van der Waals surface area (Å²) < 4.78 is 0.639. The van der Waals surface area contributed by atoms with Crippen molar-refractivity contribution in [2.45, 2.75) is 19.8 Å². The first-order valence-corrected chi connectivity index (χ1v) is 4.96. The van der Waals surface area contributed by atoms with Crippen LogP contribution in [0, 0.1) is 0 Å². The highest BCUT2D eigenvalue weighted by Crippen LogP contribution is 2.19. The van der Waals surface area contributed by atoms with Crippen molar-refractivity contribution in [1.82, 2.24) is 0 Å². The Morgan fingerprint density at radius 2 is 2.23 bits per heavy atom. The van der Waals surface area contributed by atoms with E-state index in [-0.39, 0.29) is 0 Å². The largest absolute Gasteiger partial charge is 0.478 e. The number of carbonyl (C=O) groups is 1. The van der Waals surface area contributed by atoms with Crippen LogP contribution >= 0.6 is 15.9 Å². The van der Waals surface area contributed by atoms with Gasteiger partial charge in [0.25, 0.3) is 0 Å². The van der Waals surface area contributed by atoms with Crippen LogP contribution in [0.1, 0.15) is 29.3 Å². The summed E-state index contributed by atoms with van der Waals surface area (Å²) in [6, 6.07) is 5.45. The first-order chi connectivity index (χ1) is 6.15. The van der Waals surface area contributed by atoms with Crippen molar-refractivity contribution in [2.75, 3.05) is 0 Å². The van der Waals surface area contributed by atoms with E-state index in [2.05, 4.69) is 22.9 Å². The maximum Gasteiger partial charge on any atom is 0.336 e. The molecule has 3 heteroatoms. The fourth-order valence-electron chi connectivity index (χ4n) is 1.18. The van der Waals surface area contributed by atoms with E-state index in [1.54, 1.807) is 12.1 Å². The van der Waals surface area contributed by atoms with E-state index in [9.17, 15) is 4.79 Å². The highest BCUT2D eigenvalue weighted by atomic mass is 79.9. The minimum absolute atomic E-state index is 0.339. The molecule has 0 fully saturated rings. The Morgan fingerprint density at radius 3 is 2.77 bits per heavy atom. The van der Waals surface area contributed by atoms with Gasteiger partial charge in [0, 0.05) is 4.47 Å². The number of benzene rings is 1. The van der Waals surface area contributed by atoms with Crippen LogP contribution < -0.4 is 0 Å². The summed E-state index contributed by atoms with van der Waals surface area (Å²) in [5.41, 5.74) is 1.41. The summed E-state index contributed by atoms with van der Waals surface area (Å²) in [6.07, 6.45) is 1.95. The molecule has 1 aromatic rings. The number of aryl methyl sites for hydroxylation is 1. The van der Waals surface area contributed by atoms with Crippen LogP contribution in [0.2, 0.25) is 0 Å². The van der Waals surface area contributed by atoms with Crippen molar-refractivity contribution in [2.24, 2.45) is 0 Å². The van der Waals surface area contributed by atoms with Gasteiger partial charge in [-0.2, -0.15) is 0 Å². The predicted molar refractivity (Wildman–Crippen MR) is 55.1 cm³/mol. The Morgan fingerprint density at radius 1 is 1.54 bits per heavy atom. The molecule has 1 N–H and O–H groups in total. The molecule has 70 valence electrons. The van der Waals surface area contributed by atoms with Crippen molar-refractivity contribution in [1.29, 1.82) is 0 Å². The number of rotatable bonds is 3. The number of aromatic carboxylic acids is 1. The molecular formula is C10H11BrO2. The molecule has 0 spiro atoms. The molecule has 0 saturated heterocycles. The minimum atomic E-state index is -0.884. The first-order valence-electron chi connectivity index (χ1n) is 4.17. The lowest BCUT2D eigenvalue weighted by Crippen LogP contribution is -1.98. The second-order valence-electron chi connectivity index (χ2n) is 2.87. The van der Waals surface area contributed by atoms with Gasteiger partial charge in [0.15, 0.2) is 0 Å². The van der Waals surface area contributed by atoms with Gasteiger partial charge in [-0.05, 0) is 40.0 Å². The molecule has 0 aliphatic heterocycles. The minimum Gasteiger partial charge on any atom is -0.478 e. The number of hydrogen-bond acceptors (Lipinski definition) is 1. The Hall–Kier alpha value is -0.830. The van der Waals surface area contributed by atoms with Crippen molar-refractivity contribution < 1.29 is 9.90 Å². The molecule has 0 atom stereocenters. The topological polar surface area (TPSA) is 37.3 Å². The van der Waals surface area contributed by atoms with E-state index < -0.39 is 5.97 Å². The number of carboxylic acid groups (broad SMARTS) is 1. The van der Waals surface area contributed by atoms with E-state index in [1.807, 2.05) is 6.07 Å². The molecule has 2 nitrogen and oxygen atoms in total. The molecular weight excluding hydrogens is 232 g/mol. The van der Waals surface area contributed by atoms with Crippen LogP contribution in [0.15, 0.2) is 22.7 Å². The molecule has 0 aliphatic carbocycles. The third kappa shape index (κ3) is 2.56. The van der Waals surface area contributed by atoms with Gasteiger partial charge in [-0.1, -0.05) is 19.4 Å². The van der Waals surface area contributed by atoms with Crippen molar-refractivity contribution >= 4 is 21.9 Å². The van der Waals surface area contributed by atoms with Crippen LogP contribution in [-0.2, 0) is 6.42 Å². The third-order valence-corrected chi connectivity index (χ3v) is 2.49. The summed E-state index contributed by atoms with van der Waals surface area (Å²) >= 11 is 3.20. The zero-order chi connectivity index (χ0) is 9.84. The van der Waals surface area contributed by atoms with Crippen molar-refractivity contribution in [3.63, 3.8) is 0 Å². The smallest absolute Gasteiger partial charge is 0.336 e. The molecule has 0 aliphatic rings. The van der Waals surface area contributed by atoms with Crippen LogP contribution in [-0.4, -0.2) is 11.1 Å². The quantitative estimate of drug-likeness (QED) is 0.885. The van der Waals surface area contributed by atoms with E-state index in [0.29, 0.717) is 10.0 Å². The van der Waals surface area contributed by atoms with E-state index in [1.165, 1.54) is 0 Å². The first kappa shape index (κ1) is 10.3. The number of hydrogen-bond donors (Lipinski definition) is 1. The lowest BCUT2D eigenvalue weighted by Gasteiger charge is -2.02. The van der Waals surface area contributed by atoms with Gasteiger partial charge in [0.1, 0.15) is 0 Å². The normalized spacial score (nSPS) is 10.0. The monoisotopic (exact) mass is 242 g/mol. The maximum absolute atomic E-state index is 10.7. The van der Waals surface area contributed by atoms with Gasteiger partial charge in [-0.25, -0.2) is 4.79 Å². The summed E-state index contributed by atoms with van der Waals surface area (Å²) in [5, 5.41) is 8.83. The van der Waals surface area contributed by atoms with Crippen LogP contribution in [0.4, 0.5) is 0 Å². The zero-order valence-electron chi connectivity index (χ0n) is 7.38. The molecule has 0 unspecified atom stereocenters. The Bertz CT molecular complexity index is 321. The van der Waals surface area contributed by atoms with Gasteiger partial charge in [0.2, 0.25) is 0 Å².